The SMILES string of the molecule is C=CCC(C)(C)C.CC(C)(C)C(C)(C)C.CC(C)(C)C1CCOC1.CC(C)(C)C1CCOCC1.CC(C)(C)CC1CCCOC1.CC(C)(C)CCCC(=O)O.CC(C)(C)CCc1nn[nH]n1.CC(C)C(C)(C)C.CC(CO)C(C)(C)C.CCC(CO)CC(C)(C)C.CCC(O)CC(C)(C)C.CCC(O)CC(C)(C)C.CCC(O)CC(C)(C)C.CCCC(C)(C)C.CCCC(C)(C)C.CCCCC(C)(C)C.COCCC(C)(C)C. The Bertz CT molecular complexity index is 2840. The molecule has 0 saturated carbocycles. The van der Waals surface area contributed by atoms with Crippen LogP contribution in [0.3, 0.4) is 0 Å². The number of nitrogens with one attached hydrogen (secondary N) is 1. The second kappa shape index (κ2) is 87.8. The van der Waals surface area contributed by atoms with Crippen LogP contribution in [0.15, 0.2) is 12.7 Å². The summed E-state index contributed by atoms with van der Waals surface area (Å²) < 4.78 is 20.9. The van der Waals surface area contributed by atoms with Crippen molar-refractivity contribution in [3.63, 3.8) is 0 Å². The fraction of sp³-hybridized carbons (Fsp3) is 0.970. The van der Waals surface area contributed by atoms with Crippen molar-refractivity contribution in [1.82, 2.24) is 20.6 Å². The van der Waals surface area contributed by atoms with Gasteiger partial charge in [-0.3, -0.25) is 4.79 Å². The maximum absolute atomic E-state index is 10.1. The van der Waals surface area contributed by atoms with E-state index in [1.54, 1.807) is 7.11 Å². The third-order valence-electron chi connectivity index (χ3n) is 26.1. The van der Waals surface area contributed by atoms with Crippen LogP contribution in [0.5, 0.6) is 0 Å². The van der Waals surface area contributed by atoms with Crippen molar-refractivity contribution in [3.8, 4) is 0 Å². The fourth-order valence-corrected chi connectivity index (χ4v) is 13.2. The molecule has 148 heavy (non-hydrogen) atoms. The standard InChI is InChI=1S/C10H20O.C9H18O.C9H20O.C8H16O2.C8H16O.3C8H18O.2C8H18.C7H14N4.2C7H16O.3C7H16.C7H14/c1-10(2,3)7-9-5-4-6-11-8-9;1-9(2,3)8-4-6-10-7-5-8;1-5-8(7-10)6-9(2,3)4;1-8(2,3)6-4-5-7(9)10;1-8(2,3)7-4-5-9-6-7;3*1-5-7(9)6-8(2,3)4;1-7(2,3)8(4,5)6;1-5-6-7-8(2,3)4;1-7(2,3)5-4-6-8-10-11-9-6;1-7(2,3)5-6-8-4;1-6(5-8)7(2,3)4;1-6(2)7(3,4)5;3*1-5-6-7(2,3)4/h9H,4-8H2,1-3H3;8H,4-7H2,1-3H3;8,10H,5-7H2,1-4H3;4-6H2,1-3H3,(H,9,10);7H,4-6H2,1-3H3;3*7,9H,5-6H2,1-4H3;1-6H3;5-7H2,1-4H3;4-5H2,1-3H3,(H,8,9,10,11);5-6H2,1-4H3;6,8H,5H2,1-4H3;6H,1-5H3;2*5-6H2,1-4H3;5H,1,6H2,2-4H3. The Morgan fingerprint density at radius 3 is 0.885 bits per heavy atom. The minimum absolute atomic E-state index is 0.106. The molecule has 3 fully saturated rings. The van der Waals surface area contributed by atoms with Gasteiger partial charge in [-0.25, -0.2) is 0 Å². The van der Waals surface area contributed by atoms with Gasteiger partial charge in [0.2, 0.25) is 0 Å². The van der Waals surface area contributed by atoms with Crippen molar-refractivity contribution in [1.29, 1.82) is 0 Å². The number of carboxylic acid groups (broad SMARTS) is 1. The second-order valence-corrected chi connectivity index (χ2v) is 64.5. The Morgan fingerprint density at radius 1 is 0.399 bits per heavy atom. The van der Waals surface area contributed by atoms with Crippen molar-refractivity contribution in [2.24, 2.45) is 133 Å². The highest BCUT2D eigenvalue weighted by atomic mass is 16.5. The number of hydrogen-bond donors (Lipinski definition) is 7. The lowest BCUT2D eigenvalue weighted by Crippen LogP contribution is -2.27. The number of rotatable bonds is 23. The first kappa shape index (κ1) is 173. The van der Waals surface area contributed by atoms with Crippen molar-refractivity contribution in [3.05, 3.63) is 18.5 Å². The molecule has 7 N–H and O–H groups in total. The molecule has 0 bridgehead atoms. The summed E-state index contributed by atoms with van der Waals surface area (Å²) in [5.41, 5.74) is 7.37. The summed E-state index contributed by atoms with van der Waals surface area (Å²) in [6, 6.07) is 0. The van der Waals surface area contributed by atoms with Crippen LogP contribution >= 0.6 is 0 Å². The predicted octanol–water partition coefficient (Wildman–Crippen LogP) is 40.9. The first-order valence-electron chi connectivity index (χ1n) is 59.7. The van der Waals surface area contributed by atoms with E-state index in [4.69, 9.17) is 34.3 Å². The van der Waals surface area contributed by atoms with Gasteiger partial charge in [0, 0.05) is 79.4 Å². The van der Waals surface area contributed by atoms with Gasteiger partial charge in [0.25, 0.3) is 0 Å². The summed E-state index contributed by atoms with van der Waals surface area (Å²) >= 11 is 0. The summed E-state index contributed by atoms with van der Waals surface area (Å²) in [6.45, 7) is 153. The Labute approximate surface area is 934 Å². The number of tetrazole rings is 1. The lowest BCUT2D eigenvalue weighted by Gasteiger charge is -2.34. The molecule has 3 aliphatic heterocycles. The molecule has 0 aromatic carbocycles. The number of aliphatic hydroxyl groups excluding tert-OH is 5. The summed E-state index contributed by atoms with van der Waals surface area (Å²) in [6.07, 6.45) is 32.6. The second-order valence-electron chi connectivity index (χ2n) is 64.5. The molecule has 1 aromatic rings. The number of methoxy groups -OCH3 is 1. The molecule has 15 heteroatoms. The number of carbonyl (C=O) groups is 1. The highest BCUT2D eigenvalue weighted by molar-refractivity contribution is 5.66. The van der Waals surface area contributed by atoms with Crippen LogP contribution < -0.4 is 0 Å². The van der Waals surface area contributed by atoms with E-state index in [-0.39, 0.29) is 45.4 Å². The van der Waals surface area contributed by atoms with E-state index in [1.165, 1.54) is 83.5 Å². The third kappa shape index (κ3) is 166. The number of ether oxygens (including phenoxy) is 4. The van der Waals surface area contributed by atoms with Crippen molar-refractivity contribution in [2.75, 3.05) is 66.6 Å². The molecule has 906 valence electrons. The van der Waals surface area contributed by atoms with Gasteiger partial charge in [-0.05, 0) is 268 Å². The van der Waals surface area contributed by atoms with E-state index in [0.29, 0.717) is 102 Å². The number of aromatic nitrogens is 4. The molecular weight excluding hydrogens is 1830 g/mol. The summed E-state index contributed by atoms with van der Waals surface area (Å²) in [5.74, 6) is 4.31. The maximum atomic E-state index is 10.1. The van der Waals surface area contributed by atoms with E-state index in [9.17, 15) is 20.1 Å². The first-order chi connectivity index (χ1) is 65.6. The Balaban J connectivity index is -0.000000119. The number of allylic oxidation sites excluding steroid dienone is 1. The van der Waals surface area contributed by atoms with Crippen LogP contribution in [0.25, 0.3) is 0 Å². The zero-order valence-corrected chi connectivity index (χ0v) is 114. The lowest BCUT2D eigenvalue weighted by atomic mass is 9.71. The summed E-state index contributed by atoms with van der Waals surface area (Å²) in [7, 11) is 1.74. The molecule has 15 nitrogen and oxygen atoms in total. The molecule has 0 amide bonds. The zero-order chi connectivity index (χ0) is 121. The number of nitrogens with zero attached hydrogens (tertiary/aromatic N) is 3. The number of H-pyrrole nitrogens is 1. The lowest BCUT2D eigenvalue weighted by molar-refractivity contribution is -0.137. The minimum atomic E-state index is -0.691. The van der Waals surface area contributed by atoms with E-state index in [0.717, 1.165) is 166 Å². The van der Waals surface area contributed by atoms with Gasteiger partial charge < -0.3 is 49.6 Å². The van der Waals surface area contributed by atoms with Crippen LogP contribution in [-0.4, -0.2) is 142 Å². The normalized spacial score (nSPS) is 16.1. The van der Waals surface area contributed by atoms with Gasteiger partial charge in [-0.15, -0.1) is 16.8 Å². The number of unbranched alkanes of at least 4 members (excludes halogenated alkanes) is 1. The monoisotopic (exact) mass is 2120 g/mol. The molecule has 0 radical (unpaired) electrons. The third-order valence-corrected chi connectivity index (χ3v) is 26.1. The first-order valence-corrected chi connectivity index (χ1v) is 59.7. The molecule has 1 aromatic heterocycles. The molecule has 4 rings (SSSR count). The number of aromatic amines is 1. The molecular formula is C133H288N4O11. The van der Waals surface area contributed by atoms with E-state index in [2.05, 4.69) is 450 Å². The molecule has 7 unspecified atom stereocenters. The number of aliphatic hydroxyl groups is 5. The van der Waals surface area contributed by atoms with Gasteiger partial charge in [0.15, 0.2) is 5.82 Å². The van der Waals surface area contributed by atoms with Crippen LogP contribution in [-0.2, 0) is 30.2 Å². The summed E-state index contributed by atoms with van der Waals surface area (Å²) in [4.78, 5) is 10.1. The summed E-state index contributed by atoms with van der Waals surface area (Å²) in [5, 5.41) is 67.1. The average molecular weight is 2120 g/mol. The number of hydrogen-bond acceptors (Lipinski definition) is 13. The van der Waals surface area contributed by atoms with Gasteiger partial charge >= 0.3 is 5.97 Å². The number of carboxylic acids is 1. The van der Waals surface area contributed by atoms with Crippen LogP contribution in [0.1, 0.15) is 622 Å². The zero-order valence-electron chi connectivity index (χ0n) is 114. The smallest absolute Gasteiger partial charge is 0.303 e. The molecule has 3 saturated heterocycles. The van der Waals surface area contributed by atoms with Gasteiger partial charge in [0.1, 0.15) is 0 Å². The topological polar surface area (TPSA) is 230 Å². The number of aryl methyl sites for hydroxylation is 1. The Kier molecular flexibility index (Phi) is 103. The van der Waals surface area contributed by atoms with E-state index < -0.39 is 5.97 Å². The molecule has 4 heterocycles. The predicted molar refractivity (Wildman–Crippen MR) is 665 cm³/mol. The van der Waals surface area contributed by atoms with E-state index in [1.807, 2.05) is 26.8 Å². The largest absolute Gasteiger partial charge is 0.481 e. The fourth-order valence-electron chi connectivity index (χ4n) is 13.2. The van der Waals surface area contributed by atoms with E-state index >= 15 is 0 Å². The molecule has 3 aliphatic rings. The highest BCUT2D eigenvalue weighted by Gasteiger charge is 2.31. The maximum Gasteiger partial charge on any atom is 0.303 e. The van der Waals surface area contributed by atoms with Gasteiger partial charge in [-0.2, -0.15) is 5.21 Å². The average Bonchev–Trinajstić information content (AvgIpc) is 1.47. The van der Waals surface area contributed by atoms with Crippen molar-refractivity contribution >= 4 is 5.97 Å². The quantitative estimate of drug-likeness (QED) is 0.0506. The Hall–Kier alpha value is -2.08. The molecule has 0 aliphatic carbocycles. The van der Waals surface area contributed by atoms with Crippen molar-refractivity contribution < 1.29 is 54.4 Å². The van der Waals surface area contributed by atoms with Gasteiger partial charge in [0.05, 0.1) is 18.3 Å². The minimum Gasteiger partial charge on any atom is -0.481 e. The van der Waals surface area contributed by atoms with Crippen LogP contribution in [0.4, 0.5) is 0 Å². The highest BCUT2D eigenvalue weighted by Crippen LogP contribution is 2.39. The Morgan fingerprint density at radius 2 is 0.736 bits per heavy atom. The van der Waals surface area contributed by atoms with Crippen LogP contribution in [0.2, 0.25) is 0 Å². The molecule has 7 atom stereocenters. The number of aliphatic carboxylic acids is 1. The van der Waals surface area contributed by atoms with Crippen molar-refractivity contribution in [2.45, 2.75) is 641 Å². The molecule has 0 spiro atoms. The van der Waals surface area contributed by atoms with Crippen LogP contribution in [0, 0.1) is 133 Å². The van der Waals surface area contributed by atoms with Gasteiger partial charge in [-0.1, -0.05) is 487 Å².